The Morgan fingerprint density at radius 2 is 2.04 bits per heavy atom. The van der Waals surface area contributed by atoms with Crippen LogP contribution >= 0.6 is 0 Å². The molecule has 0 saturated carbocycles. The lowest BCUT2D eigenvalue weighted by atomic mass is 10.0. The SMILES string of the molecule is CC(=O)N1CCC(NC(=O)c2ccc(-n3ccnc3)nc2)CC1. The number of nitrogens with zero attached hydrogens (tertiary/aromatic N) is 4. The quantitative estimate of drug-likeness (QED) is 0.917. The van der Waals surface area contributed by atoms with E-state index in [2.05, 4.69) is 15.3 Å². The van der Waals surface area contributed by atoms with Crippen LogP contribution in [0.1, 0.15) is 30.1 Å². The predicted octanol–water partition coefficient (Wildman–Crippen LogP) is 1.01. The first-order chi connectivity index (χ1) is 11.1. The van der Waals surface area contributed by atoms with Gasteiger partial charge in [0.15, 0.2) is 0 Å². The van der Waals surface area contributed by atoms with Gasteiger partial charge in [0.25, 0.3) is 5.91 Å². The van der Waals surface area contributed by atoms with Gasteiger partial charge < -0.3 is 10.2 Å². The van der Waals surface area contributed by atoms with Gasteiger partial charge in [-0.3, -0.25) is 14.2 Å². The maximum Gasteiger partial charge on any atom is 0.253 e. The Morgan fingerprint density at radius 3 is 2.61 bits per heavy atom. The van der Waals surface area contributed by atoms with Crippen molar-refractivity contribution in [2.75, 3.05) is 13.1 Å². The minimum atomic E-state index is -0.129. The lowest BCUT2D eigenvalue weighted by molar-refractivity contribution is -0.129. The highest BCUT2D eigenvalue weighted by molar-refractivity contribution is 5.94. The summed E-state index contributed by atoms with van der Waals surface area (Å²) in [5, 5.41) is 3.01. The molecular weight excluding hydrogens is 294 g/mol. The molecule has 2 amide bonds. The van der Waals surface area contributed by atoms with E-state index in [0.29, 0.717) is 24.5 Å². The minimum Gasteiger partial charge on any atom is -0.349 e. The van der Waals surface area contributed by atoms with Gasteiger partial charge in [-0.2, -0.15) is 0 Å². The summed E-state index contributed by atoms with van der Waals surface area (Å²) in [6.45, 7) is 2.96. The first-order valence-corrected chi connectivity index (χ1v) is 7.64. The van der Waals surface area contributed by atoms with Crippen LogP contribution in [0.25, 0.3) is 5.82 Å². The molecule has 3 heterocycles. The fraction of sp³-hybridized carbons (Fsp3) is 0.375. The molecule has 0 atom stereocenters. The van der Waals surface area contributed by atoms with E-state index >= 15 is 0 Å². The number of likely N-dealkylation sites (tertiary alicyclic amines) is 1. The molecular formula is C16H19N5O2. The molecule has 0 spiro atoms. The number of carbonyl (C=O) groups excluding carboxylic acids is 2. The third-order valence-electron chi connectivity index (χ3n) is 4.05. The zero-order valence-electron chi connectivity index (χ0n) is 13.0. The fourth-order valence-corrected chi connectivity index (χ4v) is 2.68. The Morgan fingerprint density at radius 1 is 1.26 bits per heavy atom. The largest absolute Gasteiger partial charge is 0.349 e. The van der Waals surface area contributed by atoms with Crippen molar-refractivity contribution < 1.29 is 9.59 Å². The van der Waals surface area contributed by atoms with Gasteiger partial charge in [-0.05, 0) is 25.0 Å². The van der Waals surface area contributed by atoms with Crippen LogP contribution in [0.4, 0.5) is 0 Å². The van der Waals surface area contributed by atoms with E-state index in [1.54, 1.807) is 48.5 Å². The zero-order valence-corrected chi connectivity index (χ0v) is 13.0. The summed E-state index contributed by atoms with van der Waals surface area (Å²) in [5.41, 5.74) is 0.530. The molecule has 2 aromatic heterocycles. The van der Waals surface area contributed by atoms with Crippen molar-refractivity contribution in [3.63, 3.8) is 0 Å². The number of pyridine rings is 1. The Bertz CT molecular complexity index is 673. The molecule has 120 valence electrons. The van der Waals surface area contributed by atoms with E-state index in [9.17, 15) is 9.59 Å². The first-order valence-electron chi connectivity index (χ1n) is 7.64. The van der Waals surface area contributed by atoms with Crippen molar-refractivity contribution in [1.29, 1.82) is 0 Å². The Hall–Kier alpha value is -2.70. The summed E-state index contributed by atoms with van der Waals surface area (Å²) in [6.07, 6.45) is 8.26. The highest BCUT2D eigenvalue weighted by Crippen LogP contribution is 2.12. The van der Waals surface area contributed by atoms with Crippen LogP contribution in [0.3, 0.4) is 0 Å². The number of nitrogens with one attached hydrogen (secondary N) is 1. The lowest BCUT2D eigenvalue weighted by Gasteiger charge is -2.31. The van der Waals surface area contributed by atoms with E-state index in [4.69, 9.17) is 0 Å². The van der Waals surface area contributed by atoms with Gasteiger partial charge in [0, 0.05) is 44.6 Å². The number of hydrogen-bond donors (Lipinski definition) is 1. The molecule has 23 heavy (non-hydrogen) atoms. The topological polar surface area (TPSA) is 80.1 Å². The summed E-state index contributed by atoms with van der Waals surface area (Å²) in [4.78, 5) is 33.6. The van der Waals surface area contributed by atoms with Crippen molar-refractivity contribution in [3.8, 4) is 5.82 Å². The maximum atomic E-state index is 12.3. The van der Waals surface area contributed by atoms with E-state index < -0.39 is 0 Å². The fourth-order valence-electron chi connectivity index (χ4n) is 2.68. The molecule has 1 saturated heterocycles. The number of carbonyl (C=O) groups is 2. The number of hydrogen-bond acceptors (Lipinski definition) is 4. The van der Waals surface area contributed by atoms with Crippen LogP contribution in [0.5, 0.6) is 0 Å². The molecule has 0 aromatic carbocycles. The molecule has 0 unspecified atom stereocenters. The van der Waals surface area contributed by atoms with Crippen molar-refractivity contribution in [1.82, 2.24) is 24.8 Å². The Labute approximate surface area is 134 Å². The van der Waals surface area contributed by atoms with E-state index in [1.807, 2.05) is 4.90 Å². The van der Waals surface area contributed by atoms with Crippen LogP contribution in [0.2, 0.25) is 0 Å². The summed E-state index contributed by atoms with van der Waals surface area (Å²) >= 11 is 0. The average Bonchev–Trinajstić information content (AvgIpc) is 3.10. The highest BCUT2D eigenvalue weighted by atomic mass is 16.2. The second-order valence-electron chi connectivity index (χ2n) is 5.63. The molecule has 0 bridgehead atoms. The Kier molecular flexibility index (Phi) is 4.36. The van der Waals surface area contributed by atoms with Gasteiger partial charge in [-0.25, -0.2) is 9.97 Å². The van der Waals surface area contributed by atoms with Crippen LogP contribution < -0.4 is 5.32 Å². The normalized spacial score (nSPS) is 15.4. The average molecular weight is 313 g/mol. The summed E-state index contributed by atoms with van der Waals surface area (Å²) < 4.78 is 1.78. The summed E-state index contributed by atoms with van der Waals surface area (Å²) in [7, 11) is 0. The molecule has 1 aliphatic rings. The van der Waals surface area contributed by atoms with Crippen molar-refractivity contribution in [2.45, 2.75) is 25.8 Å². The summed E-state index contributed by atoms with van der Waals surface area (Å²) in [6, 6.07) is 3.64. The maximum absolute atomic E-state index is 12.3. The molecule has 0 aliphatic carbocycles. The zero-order chi connectivity index (χ0) is 16.2. The van der Waals surface area contributed by atoms with E-state index in [0.717, 1.165) is 12.8 Å². The molecule has 0 radical (unpaired) electrons. The third kappa shape index (κ3) is 3.56. The number of piperidine rings is 1. The van der Waals surface area contributed by atoms with Crippen molar-refractivity contribution >= 4 is 11.8 Å². The molecule has 7 nitrogen and oxygen atoms in total. The molecule has 1 aliphatic heterocycles. The minimum absolute atomic E-state index is 0.0917. The number of rotatable bonds is 3. The number of imidazole rings is 1. The second kappa shape index (κ2) is 6.60. The lowest BCUT2D eigenvalue weighted by Crippen LogP contribution is -2.46. The van der Waals surface area contributed by atoms with Gasteiger partial charge in [0.2, 0.25) is 5.91 Å². The van der Waals surface area contributed by atoms with Crippen LogP contribution in [-0.2, 0) is 4.79 Å². The molecule has 3 rings (SSSR count). The number of amides is 2. The smallest absolute Gasteiger partial charge is 0.253 e. The first kappa shape index (κ1) is 15.2. The third-order valence-corrected chi connectivity index (χ3v) is 4.05. The molecule has 1 fully saturated rings. The predicted molar refractivity (Wildman–Crippen MR) is 84.1 cm³/mol. The van der Waals surface area contributed by atoms with Crippen LogP contribution in [0, 0.1) is 0 Å². The van der Waals surface area contributed by atoms with Gasteiger partial charge in [-0.1, -0.05) is 0 Å². The number of aromatic nitrogens is 3. The summed E-state index contributed by atoms with van der Waals surface area (Å²) in [5.74, 6) is 0.679. The van der Waals surface area contributed by atoms with Crippen molar-refractivity contribution in [2.24, 2.45) is 0 Å². The van der Waals surface area contributed by atoms with E-state index in [1.165, 1.54) is 0 Å². The standard InChI is InChI=1S/C16H19N5O2/c1-12(22)20-7-4-14(5-8-20)19-16(23)13-2-3-15(18-10-13)21-9-6-17-11-21/h2-3,6,9-11,14H,4-5,7-8H2,1H3,(H,19,23). The second-order valence-corrected chi connectivity index (χ2v) is 5.63. The Balaban J connectivity index is 1.57. The molecule has 7 heteroatoms. The van der Waals surface area contributed by atoms with Crippen LogP contribution in [-0.4, -0.2) is 50.4 Å². The van der Waals surface area contributed by atoms with Crippen molar-refractivity contribution in [3.05, 3.63) is 42.6 Å². The highest BCUT2D eigenvalue weighted by Gasteiger charge is 2.22. The molecule has 2 aromatic rings. The van der Waals surface area contributed by atoms with Gasteiger partial charge in [-0.15, -0.1) is 0 Å². The monoisotopic (exact) mass is 313 g/mol. The van der Waals surface area contributed by atoms with E-state index in [-0.39, 0.29) is 17.9 Å². The van der Waals surface area contributed by atoms with Crippen LogP contribution in [0.15, 0.2) is 37.1 Å². The van der Waals surface area contributed by atoms with Gasteiger partial charge in [0.05, 0.1) is 5.56 Å². The molecule has 1 N–H and O–H groups in total. The van der Waals surface area contributed by atoms with Gasteiger partial charge in [0.1, 0.15) is 12.1 Å². The van der Waals surface area contributed by atoms with Gasteiger partial charge >= 0.3 is 0 Å².